The van der Waals surface area contributed by atoms with Crippen LogP contribution in [0.25, 0.3) is 12.2 Å². The van der Waals surface area contributed by atoms with Gasteiger partial charge in [0.05, 0.1) is 12.2 Å². The molecule has 3 N–H and O–H groups in total. The van der Waals surface area contributed by atoms with E-state index in [1.165, 1.54) is 0 Å². The summed E-state index contributed by atoms with van der Waals surface area (Å²) in [5.74, 6) is -0.00936. The predicted octanol–water partition coefficient (Wildman–Crippen LogP) is 6.93. The van der Waals surface area contributed by atoms with Crippen LogP contribution in [0.3, 0.4) is 0 Å². The molecule has 8 nitrogen and oxygen atoms in total. The van der Waals surface area contributed by atoms with Crippen molar-refractivity contribution in [2.24, 2.45) is 10.7 Å². The van der Waals surface area contributed by atoms with Crippen LogP contribution in [0.15, 0.2) is 102 Å². The Labute approximate surface area is 257 Å². The number of aliphatic hydroxyl groups excluding tert-OH is 1. The van der Waals surface area contributed by atoms with Crippen molar-refractivity contribution in [3.63, 3.8) is 0 Å². The lowest BCUT2D eigenvalue weighted by molar-refractivity contribution is 0.0471. The summed E-state index contributed by atoms with van der Waals surface area (Å²) in [5, 5.41) is 10.1. The number of nitrogens with zero attached hydrogens (tertiary/aromatic N) is 1. The van der Waals surface area contributed by atoms with Crippen molar-refractivity contribution in [3.8, 4) is 5.75 Å². The molecule has 0 atom stereocenters. The Bertz CT molecular complexity index is 1640. The van der Waals surface area contributed by atoms with Crippen LogP contribution >= 0.6 is 0 Å². The van der Waals surface area contributed by atoms with Gasteiger partial charge in [-0.2, -0.15) is 4.99 Å². The van der Waals surface area contributed by atoms with Crippen LogP contribution in [0.5, 0.6) is 5.75 Å². The van der Waals surface area contributed by atoms with Crippen molar-refractivity contribution >= 4 is 30.1 Å². The quantitative estimate of drug-likeness (QED) is 0.0887. The van der Waals surface area contributed by atoms with Gasteiger partial charge in [0.25, 0.3) is 0 Å². The van der Waals surface area contributed by atoms with Crippen LogP contribution in [0.4, 0.5) is 4.79 Å². The second-order valence-electron chi connectivity index (χ2n) is 10.9. The zero-order valence-corrected chi connectivity index (χ0v) is 25.0. The molecule has 4 rings (SSSR count). The molecule has 44 heavy (non-hydrogen) atoms. The van der Waals surface area contributed by atoms with E-state index in [1.54, 1.807) is 69.3 Å². The van der Waals surface area contributed by atoms with E-state index in [-0.39, 0.29) is 19.0 Å². The molecular formula is C36H36N2O6. The summed E-state index contributed by atoms with van der Waals surface area (Å²) in [6, 6.07) is 29.4. The third-order valence-electron chi connectivity index (χ3n) is 6.38. The average Bonchev–Trinajstić information content (AvgIpc) is 3.01. The minimum Gasteiger partial charge on any atom is -0.488 e. The molecule has 1 amide bonds. The number of carbonyl (C=O) groups excluding carboxylic acids is 2. The molecule has 0 saturated carbocycles. The fourth-order valence-corrected chi connectivity index (χ4v) is 4.25. The number of hydrogen-bond donors (Lipinski definition) is 2. The molecule has 0 spiro atoms. The first-order valence-corrected chi connectivity index (χ1v) is 14.1. The summed E-state index contributed by atoms with van der Waals surface area (Å²) in [6.07, 6.45) is 2.68. The number of amidine groups is 1. The summed E-state index contributed by atoms with van der Waals surface area (Å²) in [7, 11) is 0. The first kappa shape index (κ1) is 31.7. The first-order valence-electron chi connectivity index (χ1n) is 14.1. The smallest absolute Gasteiger partial charge is 0.436 e. The summed E-state index contributed by atoms with van der Waals surface area (Å²) in [5.41, 5.74) is 9.74. The number of nitrogens with two attached hydrogens (primary N) is 1. The molecule has 8 heteroatoms. The Morgan fingerprint density at radius 1 is 0.841 bits per heavy atom. The van der Waals surface area contributed by atoms with Gasteiger partial charge in [0.15, 0.2) is 0 Å². The molecule has 0 aliphatic heterocycles. The lowest BCUT2D eigenvalue weighted by atomic mass is 9.99. The largest absolute Gasteiger partial charge is 0.488 e. The van der Waals surface area contributed by atoms with E-state index < -0.39 is 17.7 Å². The predicted molar refractivity (Wildman–Crippen MR) is 171 cm³/mol. The highest BCUT2D eigenvalue weighted by Gasteiger charge is 2.18. The number of aliphatic hydroxyl groups is 1. The highest BCUT2D eigenvalue weighted by molar-refractivity contribution is 6.03. The Hall–Kier alpha value is -5.21. The van der Waals surface area contributed by atoms with Crippen LogP contribution < -0.4 is 10.5 Å². The third-order valence-corrected chi connectivity index (χ3v) is 6.38. The van der Waals surface area contributed by atoms with E-state index in [9.17, 15) is 14.7 Å². The van der Waals surface area contributed by atoms with Crippen molar-refractivity contribution in [3.05, 3.63) is 136 Å². The average molecular weight is 593 g/mol. The van der Waals surface area contributed by atoms with E-state index in [2.05, 4.69) is 4.99 Å². The van der Waals surface area contributed by atoms with Gasteiger partial charge in [0.2, 0.25) is 0 Å². The Kier molecular flexibility index (Phi) is 10.7. The lowest BCUT2D eigenvalue weighted by Gasteiger charge is -2.17. The molecule has 0 fully saturated rings. The minimum atomic E-state index is -0.799. The van der Waals surface area contributed by atoms with Gasteiger partial charge in [-0.05, 0) is 67.3 Å². The van der Waals surface area contributed by atoms with Gasteiger partial charge in [0, 0.05) is 11.1 Å². The Morgan fingerprint density at radius 3 is 2.14 bits per heavy atom. The summed E-state index contributed by atoms with van der Waals surface area (Å²) in [4.78, 5) is 29.3. The zero-order chi connectivity index (χ0) is 31.5. The van der Waals surface area contributed by atoms with Gasteiger partial charge in [0.1, 0.15) is 30.4 Å². The van der Waals surface area contributed by atoms with Crippen LogP contribution in [0.2, 0.25) is 0 Å². The van der Waals surface area contributed by atoms with Crippen LogP contribution in [-0.2, 0) is 29.3 Å². The fraction of sp³-hybridized carbons (Fsp3) is 0.194. The van der Waals surface area contributed by atoms with E-state index in [1.807, 2.05) is 60.7 Å². The van der Waals surface area contributed by atoms with Gasteiger partial charge in [-0.3, -0.25) is 0 Å². The van der Waals surface area contributed by atoms with Crippen molar-refractivity contribution in [1.82, 2.24) is 0 Å². The molecule has 226 valence electrons. The van der Waals surface area contributed by atoms with Crippen molar-refractivity contribution in [2.75, 3.05) is 0 Å². The van der Waals surface area contributed by atoms with E-state index in [0.29, 0.717) is 40.2 Å². The maximum atomic E-state index is 13.2. The Morgan fingerprint density at radius 2 is 1.50 bits per heavy atom. The van der Waals surface area contributed by atoms with Crippen LogP contribution in [0.1, 0.15) is 64.5 Å². The van der Waals surface area contributed by atoms with Crippen molar-refractivity contribution in [1.29, 1.82) is 0 Å². The fourth-order valence-electron chi connectivity index (χ4n) is 4.25. The molecule has 0 aromatic heterocycles. The summed E-state index contributed by atoms with van der Waals surface area (Å²) in [6.45, 7) is 5.37. The minimum absolute atomic E-state index is 0.0237. The van der Waals surface area contributed by atoms with Gasteiger partial charge < -0.3 is 25.1 Å². The van der Waals surface area contributed by atoms with Gasteiger partial charge >= 0.3 is 12.1 Å². The lowest BCUT2D eigenvalue weighted by Crippen LogP contribution is -2.24. The number of rotatable bonds is 10. The molecule has 0 bridgehead atoms. The molecule has 0 radical (unpaired) electrons. The van der Waals surface area contributed by atoms with E-state index in [0.717, 1.165) is 11.1 Å². The van der Waals surface area contributed by atoms with Gasteiger partial charge in [-0.15, -0.1) is 0 Å². The van der Waals surface area contributed by atoms with E-state index >= 15 is 0 Å². The molecule has 4 aromatic rings. The van der Waals surface area contributed by atoms with Gasteiger partial charge in [-0.25, -0.2) is 9.59 Å². The maximum absolute atomic E-state index is 13.2. The molecular weight excluding hydrogens is 556 g/mol. The molecule has 0 unspecified atom stereocenters. The topological polar surface area (TPSA) is 120 Å². The third kappa shape index (κ3) is 9.14. The molecule has 4 aromatic carbocycles. The number of esters is 1. The number of aliphatic imine (C=N–C) groups is 1. The normalized spacial score (nSPS) is 11.8. The Balaban J connectivity index is 1.67. The molecule has 0 aliphatic rings. The van der Waals surface area contributed by atoms with E-state index in [4.69, 9.17) is 19.9 Å². The molecule has 0 aliphatic carbocycles. The van der Waals surface area contributed by atoms with Crippen molar-refractivity contribution in [2.45, 2.75) is 46.2 Å². The second-order valence-corrected chi connectivity index (χ2v) is 10.9. The second kappa shape index (κ2) is 14.8. The standard InChI is InChI=1S/C36H36N2O6/c1-36(2,3)44-35(41)38-33(37)28-18-20-32(42-23-25-11-6-4-7-12-25)27(21-28)17-19-30-29(22-39)15-10-16-31(30)34(40)43-24-26-13-8-5-9-14-26/h4-21,39H,22-24H2,1-3H3,(H2,37,38,41). The summed E-state index contributed by atoms with van der Waals surface area (Å²) >= 11 is 0. The van der Waals surface area contributed by atoms with Crippen LogP contribution in [-0.4, -0.2) is 28.6 Å². The number of hydrogen-bond acceptors (Lipinski definition) is 6. The summed E-state index contributed by atoms with van der Waals surface area (Å²) < 4.78 is 17.0. The number of benzene rings is 4. The molecule has 0 saturated heterocycles. The number of amides is 1. The monoisotopic (exact) mass is 592 g/mol. The maximum Gasteiger partial charge on any atom is 0.436 e. The molecule has 0 heterocycles. The highest BCUT2D eigenvalue weighted by atomic mass is 16.6. The first-order chi connectivity index (χ1) is 21.1. The van der Waals surface area contributed by atoms with Gasteiger partial charge in [-0.1, -0.05) is 84.9 Å². The SMILES string of the molecule is CC(C)(C)OC(=O)N=C(N)c1ccc(OCc2ccccc2)c(C=Cc2c(CO)cccc2C(=O)OCc2ccccc2)c1. The van der Waals surface area contributed by atoms with Crippen LogP contribution in [0, 0.1) is 0 Å². The highest BCUT2D eigenvalue weighted by Crippen LogP contribution is 2.26. The number of carbonyl (C=O) groups is 2. The van der Waals surface area contributed by atoms with Crippen molar-refractivity contribution < 1.29 is 28.9 Å². The zero-order valence-electron chi connectivity index (χ0n) is 25.0. The number of ether oxygens (including phenoxy) is 3.